The first-order valence-corrected chi connectivity index (χ1v) is 23.9. The molecule has 2 aliphatic heterocycles. The van der Waals surface area contributed by atoms with Gasteiger partial charge < -0.3 is 23.5 Å². The van der Waals surface area contributed by atoms with Crippen molar-refractivity contribution in [1.82, 2.24) is 14.4 Å². The Kier molecular flexibility index (Phi) is 12.3. The molecule has 14 heteroatoms. The molecule has 62 heavy (non-hydrogen) atoms. The van der Waals surface area contributed by atoms with Gasteiger partial charge in [-0.1, -0.05) is 111 Å². The van der Waals surface area contributed by atoms with Crippen LogP contribution in [0.4, 0.5) is 22.8 Å². The molecule has 7 rings (SSSR count). The van der Waals surface area contributed by atoms with E-state index in [4.69, 9.17) is 18.6 Å². The number of thiophene rings is 1. The quantitative estimate of drug-likeness (QED) is 0.129. The lowest BCUT2D eigenvalue weighted by Crippen LogP contribution is -2.67. The van der Waals surface area contributed by atoms with Gasteiger partial charge in [-0.2, -0.15) is 0 Å². The van der Waals surface area contributed by atoms with E-state index in [0.717, 1.165) is 32.7 Å². The third-order valence-electron chi connectivity index (χ3n) is 11.3. The molecule has 9 nitrogen and oxygen atoms in total. The maximum Gasteiger partial charge on any atom is 0.419 e. The van der Waals surface area contributed by atoms with Crippen molar-refractivity contribution in [3.63, 3.8) is 0 Å². The Bertz CT molecular complexity index is 2360. The second kappa shape index (κ2) is 16.8. The maximum absolute atomic E-state index is 17.2. The lowest BCUT2D eigenvalue weighted by molar-refractivity contribution is -0.0822. The summed E-state index contributed by atoms with van der Waals surface area (Å²) in [6, 6.07) is 26.2. The lowest BCUT2D eigenvalue weighted by Gasteiger charge is -2.45. The van der Waals surface area contributed by atoms with Gasteiger partial charge in [-0.3, -0.25) is 4.90 Å². The zero-order valence-corrected chi connectivity index (χ0v) is 39.1. The second-order valence-corrected chi connectivity index (χ2v) is 24.9. The van der Waals surface area contributed by atoms with Crippen molar-refractivity contribution in [1.29, 1.82) is 0 Å². The van der Waals surface area contributed by atoms with Crippen molar-refractivity contribution in [2.24, 2.45) is 0 Å². The van der Waals surface area contributed by atoms with Crippen molar-refractivity contribution >= 4 is 53.1 Å². The van der Waals surface area contributed by atoms with E-state index in [1.54, 1.807) is 58.6 Å². The van der Waals surface area contributed by atoms with Crippen molar-refractivity contribution in [3.8, 4) is 5.06 Å². The average molecular weight is 890 g/mol. The summed E-state index contributed by atoms with van der Waals surface area (Å²) >= 11 is 1.01. The number of aromatic nitrogens is 1. The largest absolute Gasteiger partial charge is 0.477 e. The number of carbonyl (C=O) groups excluding carboxylic acids is 2. The van der Waals surface area contributed by atoms with Gasteiger partial charge in [0.1, 0.15) is 23.1 Å². The van der Waals surface area contributed by atoms with Gasteiger partial charge in [-0.15, -0.1) is 0 Å². The number of ether oxygens (including phenoxy) is 3. The van der Waals surface area contributed by atoms with E-state index in [0.29, 0.717) is 17.6 Å². The van der Waals surface area contributed by atoms with Gasteiger partial charge in [-0.05, 0) is 81.9 Å². The van der Waals surface area contributed by atoms with Crippen LogP contribution in [0.15, 0.2) is 91.0 Å². The van der Waals surface area contributed by atoms with Crippen molar-refractivity contribution in [2.45, 2.75) is 116 Å². The Morgan fingerprint density at radius 1 is 0.790 bits per heavy atom. The van der Waals surface area contributed by atoms with Crippen LogP contribution >= 0.6 is 11.3 Å². The zero-order valence-electron chi connectivity index (χ0n) is 37.3. The number of rotatable bonds is 10. The molecule has 0 saturated carbocycles. The van der Waals surface area contributed by atoms with Crippen LogP contribution in [-0.2, 0) is 20.3 Å². The number of alkyl halides is 2. The topological polar surface area (TPSA) is 82.5 Å². The molecule has 0 N–H and O–H groups in total. The normalized spacial score (nSPS) is 18.0. The molecule has 1 saturated heterocycles. The van der Waals surface area contributed by atoms with E-state index in [9.17, 15) is 9.59 Å². The highest BCUT2D eigenvalue weighted by molar-refractivity contribution is 7.14. The van der Waals surface area contributed by atoms with Crippen LogP contribution in [0.3, 0.4) is 0 Å². The van der Waals surface area contributed by atoms with Gasteiger partial charge in [0.2, 0.25) is 0 Å². The van der Waals surface area contributed by atoms with Crippen LogP contribution in [0.2, 0.25) is 5.04 Å². The molecular formula is C48H58F3N3O6SSi. The van der Waals surface area contributed by atoms with Crippen LogP contribution in [0.5, 0.6) is 5.06 Å². The fourth-order valence-electron chi connectivity index (χ4n) is 8.73. The number of fused-ring (bicyclic) bond motifs is 3. The maximum atomic E-state index is 17.2. The van der Waals surface area contributed by atoms with E-state index in [1.165, 1.54) is 15.5 Å². The van der Waals surface area contributed by atoms with E-state index in [2.05, 4.69) is 0 Å². The molecule has 2 atom stereocenters. The highest BCUT2D eigenvalue weighted by atomic mass is 32.1. The zero-order chi connectivity index (χ0) is 45.0. The molecule has 2 aliphatic rings. The van der Waals surface area contributed by atoms with Crippen LogP contribution < -0.4 is 15.1 Å². The fourth-order valence-corrected chi connectivity index (χ4v) is 14.4. The number of hydrogen-bond donors (Lipinski definition) is 0. The second-order valence-electron chi connectivity index (χ2n) is 19.5. The summed E-state index contributed by atoms with van der Waals surface area (Å²) in [5, 5.41) is 2.19. The lowest BCUT2D eigenvalue weighted by atomic mass is 9.91. The Labute approximate surface area is 367 Å². The Balaban J connectivity index is 1.28. The summed E-state index contributed by atoms with van der Waals surface area (Å²) in [5.41, 5.74) is 0.118. The molecule has 3 aromatic carbocycles. The molecule has 332 valence electrons. The van der Waals surface area contributed by atoms with E-state index < -0.39 is 79.8 Å². The van der Waals surface area contributed by atoms with Crippen LogP contribution in [0, 0.1) is 5.82 Å². The van der Waals surface area contributed by atoms with Crippen molar-refractivity contribution < 1.29 is 41.4 Å². The van der Waals surface area contributed by atoms with Gasteiger partial charge in [0.25, 0.3) is 14.2 Å². The molecule has 5 aromatic rings. The highest BCUT2D eigenvalue weighted by Gasteiger charge is 2.53. The molecule has 4 heterocycles. The number of halogens is 3. The first-order valence-electron chi connectivity index (χ1n) is 21.2. The van der Waals surface area contributed by atoms with Gasteiger partial charge in [0.05, 0.1) is 48.4 Å². The number of likely N-dealkylation sites (tertiary alicyclic amines) is 1. The molecule has 2 aromatic heterocycles. The number of amides is 1. The molecule has 0 unspecified atom stereocenters. The Morgan fingerprint density at radius 2 is 1.34 bits per heavy atom. The number of benzene rings is 3. The molecular weight excluding hydrogens is 832 g/mol. The number of hydrogen-bond acceptors (Lipinski definition) is 8. The van der Waals surface area contributed by atoms with Crippen LogP contribution in [-0.4, -0.2) is 90.4 Å². The summed E-state index contributed by atoms with van der Waals surface area (Å²) in [5.74, 6) is -4.10. The standard InChI is InChI=1S/C48H58F3N3O6SSi/c1-31-25-36-35-23-17-18-24-38(35)54(44(56)60-46(5,6)7)40(36)41(42-37(49)26-39(61-42)58-32-27-52(28-32)43(55)59-45(2,3)4)53(31)29-48(50,51)30-57-62(47(8,9)10,33-19-13-11-14-20-33)34-21-15-12-16-22-34/h11-24,26,31-32,41H,25,27-30H2,1-10H3/t31-,41+/m1/s1. The van der Waals surface area contributed by atoms with Gasteiger partial charge in [0.15, 0.2) is 5.06 Å². The van der Waals surface area contributed by atoms with Gasteiger partial charge in [-0.25, -0.2) is 27.3 Å². The molecule has 0 bridgehead atoms. The average Bonchev–Trinajstić information content (AvgIpc) is 3.68. The highest BCUT2D eigenvalue weighted by Crippen LogP contribution is 2.48. The third kappa shape index (κ3) is 9.20. The molecule has 1 fully saturated rings. The smallest absolute Gasteiger partial charge is 0.419 e. The monoisotopic (exact) mass is 889 g/mol. The van der Waals surface area contributed by atoms with Crippen LogP contribution in [0.1, 0.15) is 91.4 Å². The van der Waals surface area contributed by atoms with Gasteiger partial charge in [0, 0.05) is 17.5 Å². The Morgan fingerprint density at radius 3 is 1.90 bits per heavy atom. The summed E-state index contributed by atoms with van der Waals surface area (Å²) in [6.07, 6.45) is -1.28. The van der Waals surface area contributed by atoms with E-state index in [1.807, 2.05) is 100 Å². The summed E-state index contributed by atoms with van der Waals surface area (Å²) < 4.78 is 77.0. The minimum Gasteiger partial charge on any atom is -0.477 e. The first-order chi connectivity index (χ1) is 29.0. The van der Waals surface area contributed by atoms with Crippen molar-refractivity contribution in [3.05, 3.63) is 113 Å². The molecule has 0 radical (unpaired) electrons. The van der Waals surface area contributed by atoms with Crippen LogP contribution in [0.25, 0.3) is 10.9 Å². The number of para-hydroxylation sites is 1. The summed E-state index contributed by atoms with van der Waals surface area (Å²) in [7, 11) is -3.36. The number of nitrogens with zero attached hydrogens (tertiary/aromatic N) is 3. The first kappa shape index (κ1) is 45.4. The predicted octanol–water partition coefficient (Wildman–Crippen LogP) is 10.2. The molecule has 0 spiro atoms. The fraction of sp³-hybridized carbons (Fsp3) is 0.458. The summed E-state index contributed by atoms with van der Waals surface area (Å²) in [6.45, 7) is 17.4. The molecule has 0 aliphatic carbocycles. The minimum absolute atomic E-state index is 0.118. The predicted molar refractivity (Wildman–Crippen MR) is 240 cm³/mol. The number of carbonyl (C=O) groups is 2. The SMILES string of the molecule is C[C@@H]1Cc2c(n(C(=O)OC(C)(C)C)c3ccccc23)[C@@H](c2sc(OC3CN(C(=O)OC(C)(C)C)C3)cc2F)N1CC(F)(F)CO[Si](c1ccccc1)(c1ccccc1)C(C)(C)C. The minimum atomic E-state index is -3.44. The molecule has 1 amide bonds. The Hall–Kier alpha value is -4.63. The van der Waals surface area contributed by atoms with E-state index in [-0.39, 0.29) is 23.0 Å². The van der Waals surface area contributed by atoms with E-state index >= 15 is 13.2 Å². The third-order valence-corrected chi connectivity index (χ3v) is 17.3. The summed E-state index contributed by atoms with van der Waals surface area (Å²) in [4.78, 5) is 30.1. The van der Waals surface area contributed by atoms with Crippen molar-refractivity contribution in [2.75, 3.05) is 26.2 Å². The van der Waals surface area contributed by atoms with Gasteiger partial charge >= 0.3 is 12.2 Å².